The molecule has 0 saturated heterocycles. The van der Waals surface area contributed by atoms with Crippen LogP contribution in [0.5, 0.6) is 0 Å². The average Bonchev–Trinajstić information content (AvgIpc) is 2.17. The number of halogens is 2. The van der Waals surface area contributed by atoms with Gasteiger partial charge in [-0.15, -0.1) is 0 Å². The molecule has 0 aromatic carbocycles. The van der Waals surface area contributed by atoms with Crippen LogP contribution in [-0.4, -0.2) is 0 Å². The molecule has 9 heavy (non-hydrogen) atoms. The van der Waals surface area contributed by atoms with E-state index in [1.807, 2.05) is 18.2 Å². The quantitative estimate of drug-likeness (QED) is 0.746. The van der Waals surface area contributed by atoms with Gasteiger partial charge in [0, 0.05) is 0 Å². The van der Waals surface area contributed by atoms with E-state index in [0.29, 0.717) is 0 Å². The fourth-order valence-electron chi connectivity index (χ4n) is 0.480. The molecule has 0 aliphatic carbocycles. The van der Waals surface area contributed by atoms with Crippen LogP contribution in [0.3, 0.4) is 0 Å². The molecule has 0 radical (unpaired) electrons. The maximum absolute atomic E-state index is 5.12. The van der Waals surface area contributed by atoms with Gasteiger partial charge in [-0.3, -0.25) is 0 Å². The molecule has 48 valence electrons. The number of hydrogen-bond acceptors (Lipinski definition) is 1. The molecule has 1 nitrogen and oxygen atoms in total. The van der Waals surface area contributed by atoms with Crippen molar-refractivity contribution in [2.24, 2.45) is 0 Å². The molecule has 0 spiro atoms. The lowest BCUT2D eigenvalue weighted by Crippen LogP contribution is -1.53. The molecule has 0 fully saturated rings. The average molecular weight is 252 g/mol. The predicted octanol–water partition coefficient (Wildman–Crippen LogP) is 3.41. The summed E-state index contributed by atoms with van der Waals surface area (Å²) in [4.78, 5) is 1.75. The fraction of sp³-hybridized carbons (Fsp3) is 0. The molecule has 0 aliphatic rings. The fourth-order valence-corrected chi connectivity index (χ4v) is 1.06. The van der Waals surface area contributed by atoms with Crippen molar-refractivity contribution in [3.8, 4) is 0 Å². The molecule has 3 heteroatoms. The standard InChI is InChI=1S/C6H4Br2O/c7-4-3-5-1-2-6(8)9-5/h1-4H. The molecule has 0 saturated carbocycles. The smallest absolute Gasteiger partial charge is 0.169 e. The van der Waals surface area contributed by atoms with Gasteiger partial charge in [0.1, 0.15) is 5.76 Å². The maximum Gasteiger partial charge on any atom is 0.169 e. The SMILES string of the molecule is BrC=Cc1ccc(Br)o1. The summed E-state index contributed by atoms with van der Waals surface area (Å²) in [5.41, 5.74) is 0. The minimum atomic E-state index is 0.753. The zero-order valence-electron chi connectivity index (χ0n) is 4.47. The van der Waals surface area contributed by atoms with Crippen LogP contribution in [0.1, 0.15) is 5.76 Å². The highest BCUT2D eigenvalue weighted by Gasteiger charge is 1.91. The largest absolute Gasteiger partial charge is 0.450 e. The first-order chi connectivity index (χ1) is 4.33. The van der Waals surface area contributed by atoms with Gasteiger partial charge in [-0.1, -0.05) is 15.9 Å². The van der Waals surface area contributed by atoms with E-state index >= 15 is 0 Å². The minimum Gasteiger partial charge on any atom is -0.450 e. The molecule has 0 aliphatic heterocycles. The zero-order valence-corrected chi connectivity index (χ0v) is 7.65. The molecule has 0 atom stereocenters. The molecule has 1 aromatic rings. The first kappa shape index (κ1) is 7.09. The van der Waals surface area contributed by atoms with Crippen molar-refractivity contribution in [2.45, 2.75) is 0 Å². The maximum atomic E-state index is 5.12. The third-order valence-corrected chi connectivity index (χ3v) is 1.51. The van der Waals surface area contributed by atoms with Crippen LogP contribution in [0.4, 0.5) is 0 Å². The summed E-state index contributed by atoms with van der Waals surface area (Å²) in [5.74, 6) is 0.832. The molecule has 1 aromatic heterocycles. The van der Waals surface area contributed by atoms with Crippen molar-refractivity contribution in [1.82, 2.24) is 0 Å². The summed E-state index contributed by atoms with van der Waals surface area (Å²) in [6.07, 6.45) is 1.82. The Morgan fingerprint density at radius 1 is 1.44 bits per heavy atom. The Labute approximate surface area is 70.0 Å². The van der Waals surface area contributed by atoms with Gasteiger partial charge in [0.2, 0.25) is 0 Å². The normalized spacial score (nSPS) is 10.9. The highest BCUT2D eigenvalue weighted by molar-refractivity contribution is 9.11. The Bertz CT molecular complexity index is 215. The lowest BCUT2D eigenvalue weighted by Gasteiger charge is -1.78. The zero-order chi connectivity index (χ0) is 6.69. The lowest BCUT2D eigenvalue weighted by atomic mass is 10.5. The Hall–Kier alpha value is -0.0200. The molecule has 0 unspecified atom stereocenters. The van der Waals surface area contributed by atoms with Crippen LogP contribution in [0.15, 0.2) is 26.2 Å². The minimum absolute atomic E-state index is 0.753. The van der Waals surface area contributed by atoms with Crippen molar-refractivity contribution < 1.29 is 4.42 Å². The molecular weight excluding hydrogens is 248 g/mol. The van der Waals surface area contributed by atoms with Crippen molar-refractivity contribution in [3.63, 3.8) is 0 Å². The number of furan rings is 1. The highest BCUT2D eigenvalue weighted by Crippen LogP contribution is 2.15. The summed E-state index contributed by atoms with van der Waals surface area (Å²) in [7, 11) is 0. The third kappa shape index (κ3) is 1.99. The predicted molar refractivity (Wildman–Crippen MR) is 44.4 cm³/mol. The van der Waals surface area contributed by atoms with Crippen LogP contribution in [0.25, 0.3) is 6.08 Å². The van der Waals surface area contributed by atoms with Crippen molar-refractivity contribution >= 4 is 37.9 Å². The Morgan fingerprint density at radius 3 is 2.67 bits per heavy atom. The second kappa shape index (κ2) is 3.22. The van der Waals surface area contributed by atoms with E-state index in [1.165, 1.54) is 0 Å². The van der Waals surface area contributed by atoms with Gasteiger partial charge < -0.3 is 4.42 Å². The first-order valence-corrected chi connectivity index (χ1v) is 4.06. The van der Waals surface area contributed by atoms with Gasteiger partial charge in [0.15, 0.2) is 4.67 Å². The molecular formula is C6H4Br2O. The van der Waals surface area contributed by atoms with E-state index in [9.17, 15) is 0 Å². The Kier molecular flexibility index (Phi) is 2.54. The van der Waals surface area contributed by atoms with E-state index in [4.69, 9.17) is 4.42 Å². The molecule has 0 bridgehead atoms. The van der Waals surface area contributed by atoms with Crippen LogP contribution >= 0.6 is 31.9 Å². The van der Waals surface area contributed by atoms with Crippen LogP contribution in [-0.2, 0) is 0 Å². The van der Waals surface area contributed by atoms with E-state index in [2.05, 4.69) is 31.9 Å². The lowest BCUT2D eigenvalue weighted by molar-refractivity contribution is 0.531. The third-order valence-electron chi connectivity index (χ3n) is 0.821. The van der Waals surface area contributed by atoms with E-state index in [0.717, 1.165) is 10.4 Å². The van der Waals surface area contributed by atoms with Gasteiger partial charge in [-0.05, 0) is 39.1 Å². The number of rotatable bonds is 1. The van der Waals surface area contributed by atoms with Gasteiger partial charge >= 0.3 is 0 Å². The van der Waals surface area contributed by atoms with Crippen molar-refractivity contribution in [2.75, 3.05) is 0 Å². The van der Waals surface area contributed by atoms with Gasteiger partial charge in [-0.2, -0.15) is 0 Å². The topological polar surface area (TPSA) is 13.1 Å². The summed E-state index contributed by atoms with van der Waals surface area (Å²) in [5, 5.41) is 0. The van der Waals surface area contributed by atoms with E-state index < -0.39 is 0 Å². The molecule has 0 amide bonds. The number of hydrogen-bond donors (Lipinski definition) is 0. The highest BCUT2D eigenvalue weighted by atomic mass is 79.9. The van der Waals surface area contributed by atoms with Gasteiger partial charge in [0.05, 0.1) is 0 Å². The summed E-state index contributed by atoms with van der Waals surface area (Å²) >= 11 is 6.33. The second-order valence-electron chi connectivity index (χ2n) is 1.43. The molecule has 0 N–H and O–H groups in total. The Morgan fingerprint density at radius 2 is 2.22 bits per heavy atom. The summed E-state index contributed by atoms with van der Waals surface area (Å²) in [6, 6.07) is 3.73. The van der Waals surface area contributed by atoms with Crippen LogP contribution in [0, 0.1) is 0 Å². The van der Waals surface area contributed by atoms with Gasteiger partial charge in [0.25, 0.3) is 0 Å². The van der Waals surface area contributed by atoms with Crippen molar-refractivity contribution in [1.29, 1.82) is 0 Å². The van der Waals surface area contributed by atoms with E-state index in [-0.39, 0.29) is 0 Å². The van der Waals surface area contributed by atoms with Crippen molar-refractivity contribution in [3.05, 3.63) is 27.5 Å². The summed E-state index contributed by atoms with van der Waals surface area (Å²) < 4.78 is 5.88. The van der Waals surface area contributed by atoms with E-state index in [1.54, 1.807) is 4.99 Å². The molecule has 1 heterocycles. The second-order valence-corrected chi connectivity index (χ2v) is 2.74. The van der Waals surface area contributed by atoms with Crippen LogP contribution < -0.4 is 0 Å². The Balaban J connectivity index is 2.85. The monoisotopic (exact) mass is 250 g/mol. The molecule has 1 rings (SSSR count). The van der Waals surface area contributed by atoms with Crippen LogP contribution in [0.2, 0.25) is 0 Å². The van der Waals surface area contributed by atoms with Gasteiger partial charge in [-0.25, -0.2) is 0 Å². The summed E-state index contributed by atoms with van der Waals surface area (Å²) in [6.45, 7) is 0. The first-order valence-electron chi connectivity index (χ1n) is 2.35.